The molecule has 2 aromatic heterocycles. The van der Waals surface area contributed by atoms with E-state index in [1.54, 1.807) is 49.1 Å². The molecule has 10 nitrogen and oxygen atoms in total. The largest absolute Gasteiger partial charge is 0.475 e. The van der Waals surface area contributed by atoms with Crippen LogP contribution < -0.4 is 18.9 Å². The number of nitrogens with one attached hydrogen (secondary N) is 1. The van der Waals surface area contributed by atoms with Gasteiger partial charge in [-0.05, 0) is 65.4 Å². The number of hydrogen-bond acceptors (Lipinski definition) is 8. The number of carbonyl (C=O) groups is 1. The summed E-state index contributed by atoms with van der Waals surface area (Å²) in [6, 6.07) is 19.2. The third kappa shape index (κ3) is 6.48. The van der Waals surface area contributed by atoms with Crippen molar-refractivity contribution in [3.8, 4) is 17.2 Å². The number of benzene rings is 3. The van der Waals surface area contributed by atoms with Crippen LogP contribution in [-0.2, 0) is 27.8 Å². The molecule has 0 spiro atoms. The molecule has 11 heteroatoms. The summed E-state index contributed by atoms with van der Waals surface area (Å²) in [5, 5.41) is 0. The second-order valence-corrected chi connectivity index (χ2v) is 12.9. The molecule has 0 aliphatic carbocycles. The normalized spacial score (nSPS) is 13.2. The molecule has 3 heterocycles. The zero-order chi connectivity index (χ0) is 31.6. The molecule has 1 aliphatic heterocycles. The average molecular weight is 627 g/mol. The van der Waals surface area contributed by atoms with Crippen LogP contribution in [0.4, 0.5) is 0 Å². The van der Waals surface area contributed by atoms with Gasteiger partial charge in [-0.1, -0.05) is 57.5 Å². The van der Waals surface area contributed by atoms with Crippen molar-refractivity contribution in [2.75, 3.05) is 6.79 Å². The van der Waals surface area contributed by atoms with Crippen LogP contribution in [0.5, 0.6) is 17.2 Å². The van der Waals surface area contributed by atoms with Crippen molar-refractivity contribution in [2.45, 2.75) is 57.1 Å². The minimum absolute atomic E-state index is 0.0112. The predicted octanol–water partition coefficient (Wildman–Crippen LogP) is 5.91. The number of hydrogen-bond donors (Lipinski definition) is 1. The highest BCUT2D eigenvalue weighted by Gasteiger charge is 2.30. The SMILES string of the molecule is CCCc1cc(Cn2cnc3ccncc32)ccc1OC(C(=O)NS(=O)(=O)c1ccc(C(C)C)cc1)c1ccc2c(c1)OCO2. The molecular weight excluding hydrogens is 592 g/mol. The number of aromatic nitrogens is 3. The quantitative estimate of drug-likeness (QED) is 0.192. The lowest BCUT2D eigenvalue weighted by molar-refractivity contribution is -0.126. The van der Waals surface area contributed by atoms with Gasteiger partial charge in [0.15, 0.2) is 11.5 Å². The molecule has 0 saturated carbocycles. The minimum Gasteiger partial charge on any atom is -0.475 e. The van der Waals surface area contributed by atoms with Crippen molar-refractivity contribution >= 4 is 27.0 Å². The molecule has 6 rings (SSSR count). The maximum atomic E-state index is 13.8. The molecule has 1 amide bonds. The van der Waals surface area contributed by atoms with Gasteiger partial charge in [-0.2, -0.15) is 0 Å². The first-order chi connectivity index (χ1) is 21.7. The van der Waals surface area contributed by atoms with Crippen LogP contribution in [0.2, 0.25) is 0 Å². The Bertz CT molecular complexity index is 1950. The highest BCUT2D eigenvalue weighted by Crippen LogP contribution is 2.36. The van der Waals surface area contributed by atoms with Gasteiger partial charge in [-0.15, -0.1) is 0 Å². The van der Waals surface area contributed by atoms with Crippen molar-refractivity contribution in [2.24, 2.45) is 0 Å². The number of pyridine rings is 1. The first-order valence-electron chi connectivity index (χ1n) is 14.8. The Morgan fingerprint density at radius 1 is 1.00 bits per heavy atom. The van der Waals surface area contributed by atoms with Crippen LogP contribution in [0.25, 0.3) is 11.0 Å². The molecule has 5 aromatic rings. The Hall–Kier alpha value is -4.90. The number of aryl methyl sites for hydroxylation is 1. The summed E-state index contributed by atoms with van der Waals surface area (Å²) in [6.07, 6.45) is 5.51. The van der Waals surface area contributed by atoms with Crippen molar-refractivity contribution in [3.63, 3.8) is 0 Å². The maximum Gasteiger partial charge on any atom is 0.279 e. The van der Waals surface area contributed by atoms with Gasteiger partial charge in [0.25, 0.3) is 15.9 Å². The van der Waals surface area contributed by atoms with Gasteiger partial charge in [0.2, 0.25) is 12.9 Å². The fraction of sp³-hybridized carbons (Fsp3) is 0.265. The number of nitrogens with zero attached hydrogens (tertiary/aromatic N) is 3. The topological polar surface area (TPSA) is 122 Å². The highest BCUT2D eigenvalue weighted by molar-refractivity contribution is 7.90. The molecular formula is C34H34N4O6S. The molecule has 0 saturated heterocycles. The molecule has 232 valence electrons. The van der Waals surface area contributed by atoms with E-state index >= 15 is 0 Å². The molecule has 0 bridgehead atoms. The van der Waals surface area contributed by atoms with Crippen molar-refractivity contribution in [1.82, 2.24) is 19.3 Å². The summed E-state index contributed by atoms with van der Waals surface area (Å²) in [5.74, 6) is 0.876. The molecule has 1 aliphatic rings. The zero-order valence-electron chi connectivity index (χ0n) is 25.3. The summed E-state index contributed by atoms with van der Waals surface area (Å²) in [6.45, 7) is 6.73. The van der Waals surface area contributed by atoms with E-state index in [1.165, 1.54) is 12.1 Å². The standard InChI is InChI=1S/C34H34N4O6S/c1-4-5-25-16-23(19-38-20-36-28-14-15-35-18-29(28)38)6-12-30(25)44-33(26-9-13-31-32(17-26)43-21-42-31)34(39)37-45(40,41)27-10-7-24(8-11-27)22(2)3/h6-18,20,22,33H,4-5,19,21H2,1-3H3,(H,37,39). The maximum absolute atomic E-state index is 13.8. The Labute approximate surface area is 262 Å². The average Bonchev–Trinajstić information content (AvgIpc) is 3.67. The van der Waals surface area contributed by atoms with E-state index in [0.29, 0.717) is 35.8 Å². The number of carbonyl (C=O) groups excluding carboxylic acids is 1. The molecule has 1 N–H and O–H groups in total. The summed E-state index contributed by atoms with van der Waals surface area (Å²) in [7, 11) is -4.18. The van der Waals surface area contributed by atoms with Crippen molar-refractivity contribution in [1.29, 1.82) is 0 Å². The van der Waals surface area contributed by atoms with Crippen LogP contribution in [0, 0.1) is 0 Å². The Kier molecular flexibility index (Phi) is 8.44. The van der Waals surface area contributed by atoms with E-state index in [1.807, 2.05) is 42.7 Å². The van der Waals surface area contributed by atoms with Crippen LogP contribution >= 0.6 is 0 Å². The summed E-state index contributed by atoms with van der Waals surface area (Å²) in [4.78, 5) is 22.5. The number of amides is 1. The first kappa shape index (κ1) is 30.1. The van der Waals surface area contributed by atoms with Crippen LogP contribution in [-0.4, -0.2) is 35.7 Å². The molecule has 45 heavy (non-hydrogen) atoms. The number of sulfonamides is 1. The first-order valence-corrected chi connectivity index (χ1v) is 16.3. The second-order valence-electron chi connectivity index (χ2n) is 11.2. The number of imidazole rings is 1. The molecule has 0 radical (unpaired) electrons. The van der Waals surface area contributed by atoms with Crippen molar-refractivity contribution in [3.05, 3.63) is 108 Å². The predicted molar refractivity (Wildman–Crippen MR) is 169 cm³/mol. The molecule has 1 unspecified atom stereocenters. The summed E-state index contributed by atoms with van der Waals surface area (Å²) in [5.41, 5.74) is 5.11. The van der Waals surface area contributed by atoms with Gasteiger partial charge >= 0.3 is 0 Å². The number of rotatable bonds is 11. The summed E-state index contributed by atoms with van der Waals surface area (Å²) < 4.78 is 48.3. The smallest absolute Gasteiger partial charge is 0.279 e. The van der Waals surface area contributed by atoms with E-state index in [2.05, 4.69) is 21.6 Å². The lowest BCUT2D eigenvalue weighted by Crippen LogP contribution is -2.37. The van der Waals surface area contributed by atoms with Gasteiger partial charge < -0.3 is 18.8 Å². The third-order valence-electron chi connectivity index (χ3n) is 7.69. The molecule has 1 atom stereocenters. The fourth-order valence-corrected chi connectivity index (χ4v) is 6.27. The zero-order valence-corrected chi connectivity index (χ0v) is 26.1. The number of fused-ring (bicyclic) bond motifs is 2. The Morgan fingerprint density at radius 2 is 1.78 bits per heavy atom. The van der Waals surface area contributed by atoms with Crippen LogP contribution in [0.1, 0.15) is 61.5 Å². The highest BCUT2D eigenvalue weighted by atomic mass is 32.2. The Balaban J connectivity index is 1.31. The number of ether oxygens (including phenoxy) is 3. The van der Waals surface area contributed by atoms with E-state index in [-0.39, 0.29) is 17.6 Å². The van der Waals surface area contributed by atoms with Gasteiger partial charge in [-0.25, -0.2) is 18.1 Å². The molecule has 3 aromatic carbocycles. The van der Waals surface area contributed by atoms with E-state index in [9.17, 15) is 13.2 Å². The van der Waals surface area contributed by atoms with Crippen LogP contribution in [0.15, 0.2) is 90.3 Å². The third-order valence-corrected chi connectivity index (χ3v) is 9.06. The van der Waals surface area contributed by atoms with E-state index in [0.717, 1.165) is 34.1 Å². The van der Waals surface area contributed by atoms with Crippen molar-refractivity contribution < 1.29 is 27.4 Å². The lowest BCUT2D eigenvalue weighted by atomic mass is 10.0. The fourth-order valence-electron chi connectivity index (χ4n) is 5.29. The van der Waals surface area contributed by atoms with E-state index < -0.39 is 22.0 Å². The summed E-state index contributed by atoms with van der Waals surface area (Å²) >= 11 is 0. The van der Waals surface area contributed by atoms with Gasteiger partial charge in [0.05, 0.1) is 28.5 Å². The molecule has 0 fully saturated rings. The van der Waals surface area contributed by atoms with Gasteiger partial charge in [0.1, 0.15) is 5.75 Å². The van der Waals surface area contributed by atoms with Crippen LogP contribution in [0.3, 0.4) is 0 Å². The Morgan fingerprint density at radius 3 is 2.56 bits per heavy atom. The monoisotopic (exact) mass is 626 g/mol. The minimum atomic E-state index is -4.18. The van der Waals surface area contributed by atoms with E-state index in [4.69, 9.17) is 14.2 Å². The van der Waals surface area contributed by atoms with Gasteiger partial charge in [0, 0.05) is 18.3 Å². The lowest BCUT2D eigenvalue weighted by Gasteiger charge is -2.22. The van der Waals surface area contributed by atoms with Gasteiger partial charge in [-0.3, -0.25) is 9.78 Å². The second kappa shape index (κ2) is 12.6.